The third kappa shape index (κ3) is 4.94. The maximum atomic E-state index is 13.2. The molecule has 1 N–H and O–H groups in total. The first-order valence-corrected chi connectivity index (χ1v) is 9.59. The molecule has 1 aliphatic heterocycles. The minimum absolute atomic E-state index is 0.0440. The van der Waals surface area contributed by atoms with Crippen LogP contribution >= 0.6 is 35.6 Å². The van der Waals surface area contributed by atoms with Crippen molar-refractivity contribution in [2.45, 2.75) is 6.42 Å². The van der Waals surface area contributed by atoms with E-state index in [1.165, 1.54) is 34.9 Å². The normalized spacial score (nSPS) is 15.5. The lowest BCUT2D eigenvalue weighted by molar-refractivity contribution is -0.122. The zero-order chi connectivity index (χ0) is 19.4. The van der Waals surface area contributed by atoms with Gasteiger partial charge in [-0.2, -0.15) is 0 Å². The lowest BCUT2D eigenvalue weighted by Crippen LogP contribution is -2.31. The summed E-state index contributed by atoms with van der Waals surface area (Å²) < 4.78 is 13.5. The number of anilines is 1. The van der Waals surface area contributed by atoms with Crippen LogP contribution in [0.15, 0.2) is 53.4 Å². The molecule has 3 rings (SSSR count). The third-order valence-corrected chi connectivity index (χ3v) is 5.46. The van der Waals surface area contributed by atoms with Crippen molar-refractivity contribution in [3.05, 3.63) is 69.8 Å². The maximum absolute atomic E-state index is 13.2. The van der Waals surface area contributed by atoms with Crippen molar-refractivity contribution in [3.8, 4) is 0 Å². The Hall–Kier alpha value is -2.22. The van der Waals surface area contributed by atoms with Crippen molar-refractivity contribution in [3.63, 3.8) is 0 Å². The van der Waals surface area contributed by atoms with Crippen molar-refractivity contribution in [1.29, 1.82) is 0 Å². The van der Waals surface area contributed by atoms with Crippen LogP contribution in [-0.2, 0) is 9.59 Å². The number of hydrogen-bond donors (Lipinski definition) is 1. The summed E-state index contributed by atoms with van der Waals surface area (Å²) in [5.41, 5.74) is 1.09. The lowest BCUT2D eigenvalue weighted by atomic mass is 10.2. The van der Waals surface area contributed by atoms with Gasteiger partial charge in [-0.3, -0.25) is 14.5 Å². The number of benzene rings is 2. The monoisotopic (exact) mass is 420 g/mol. The number of thioether (sulfide) groups is 1. The molecule has 0 unspecified atom stereocenters. The Labute approximate surface area is 170 Å². The molecule has 1 aliphatic rings. The summed E-state index contributed by atoms with van der Waals surface area (Å²) in [7, 11) is 0. The van der Waals surface area contributed by atoms with Crippen LogP contribution in [0.25, 0.3) is 6.08 Å². The van der Waals surface area contributed by atoms with Gasteiger partial charge in [0.05, 0.1) is 4.91 Å². The Morgan fingerprint density at radius 2 is 2.04 bits per heavy atom. The molecule has 1 saturated heterocycles. The summed E-state index contributed by atoms with van der Waals surface area (Å²) in [5.74, 6) is -1.03. The number of carbonyl (C=O) groups is 2. The molecule has 0 aliphatic carbocycles. The van der Waals surface area contributed by atoms with Gasteiger partial charge in [0.1, 0.15) is 10.1 Å². The third-order valence-electron chi connectivity index (χ3n) is 3.74. The van der Waals surface area contributed by atoms with Crippen LogP contribution in [-0.4, -0.2) is 27.6 Å². The summed E-state index contributed by atoms with van der Waals surface area (Å²) in [6.45, 7) is 0.145. The van der Waals surface area contributed by atoms with Crippen molar-refractivity contribution in [2.24, 2.45) is 0 Å². The van der Waals surface area contributed by atoms with E-state index in [0.717, 1.165) is 5.56 Å². The van der Waals surface area contributed by atoms with Crippen molar-refractivity contribution < 1.29 is 14.0 Å². The minimum Gasteiger partial charge on any atom is -0.326 e. The van der Waals surface area contributed by atoms with Gasteiger partial charge >= 0.3 is 0 Å². The van der Waals surface area contributed by atoms with E-state index in [4.69, 9.17) is 23.8 Å². The van der Waals surface area contributed by atoms with Gasteiger partial charge < -0.3 is 5.32 Å². The van der Waals surface area contributed by atoms with Crippen molar-refractivity contribution >= 4 is 63.5 Å². The zero-order valence-electron chi connectivity index (χ0n) is 13.9. The Bertz CT molecular complexity index is 949. The minimum atomic E-state index is -0.436. The van der Waals surface area contributed by atoms with Crippen LogP contribution in [0.3, 0.4) is 0 Å². The summed E-state index contributed by atoms with van der Waals surface area (Å²) >= 11 is 12.6. The number of carbonyl (C=O) groups excluding carboxylic acids is 2. The van der Waals surface area contributed by atoms with Gasteiger partial charge in [-0.1, -0.05) is 59.8 Å². The highest BCUT2D eigenvalue weighted by Gasteiger charge is 2.32. The van der Waals surface area contributed by atoms with Gasteiger partial charge in [0.2, 0.25) is 5.91 Å². The molecule has 0 aromatic heterocycles. The van der Waals surface area contributed by atoms with Gasteiger partial charge in [0.15, 0.2) is 0 Å². The number of thiocarbonyl (C=S) groups is 1. The second-order valence-corrected chi connectivity index (χ2v) is 7.75. The molecule has 2 aromatic rings. The highest BCUT2D eigenvalue weighted by molar-refractivity contribution is 8.26. The van der Waals surface area contributed by atoms with E-state index in [1.807, 2.05) is 12.1 Å². The highest BCUT2D eigenvalue weighted by Crippen LogP contribution is 2.33. The fraction of sp³-hybridized carbons (Fsp3) is 0.105. The highest BCUT2D eigenvalue weighted by atomic mass is 35.5. The molecule has 0 radical (unpaired) electrons. The van der Waals surface area contributed by atoms with Gasteiger partial charge in [-0.25, -0.2) is 4.39 Å². The van der Waals surface area contributed by atoms with Gasteiger partial charge in [0.25, 0.3) is 5.91 Å². The second-order valence-electron chi connectivity index (χ2n) is 5.66. The molecule has 2 aromatic carbocycles. The van der Waals surface area contributed by atoms with Crippen molar-refractivity contribution in [2.75, 3.05) is 11.9 Å². The SMILES string of the molecule is O=C(CCN1C(=O)C(=Cc2ccccc2Cl)SC1=S)Nc1cccc(F)c1. The summed E-state index contributed by atoms with van der Waals surface area (Å²) in [6.07, 6.45) is 1.73. The van der Waals surface area contributed by atoms with Crippen LogP contribution in [0.1, 0.15) is 12.0 Å². The maximum Gasteiger partial charge on any atom is 0.266 e. The predicted molar refractivity (Wildman–Crippen MR) is 111 cm³/mol. The van der Waals surface area contributed by atoms with E-state index in [2.05, 4.69) is 5.32 Å². The Morgan fingerprint density at radius 3 is 2.78 bits per heavy atom. The Morgan fingerprint density at radius 1 is 1.26 bits per heavy atom. The topological polar surface area (TPSA) is 49.4 Å². The number of halogens is 2. The molecule has 0 saturated carbocycles. The van der Waals surface area contributed by atoms with Crippen molar-refractivity contribution in [1.82, 2.24) is 4.90 Å². The molecule has 0 atom stereocenters. The van der Waals surface area contributed by atoms with Crippen LogP contribution in [0.2, 0.25) is 5.02 Å². The first-order chi connectivity index (χ1) is 12.9. The van der Waals surface area contributed by atoms with Crippen LogP contribution < -0.4 is 5.32 Å². The fourth-order valence-electron chi connectivity index (χ4n) is 2.43. The average Bonchev–Trinajstić information content (AvgIpc) is 2.88. The predicted octanol–water partition coefficient (Wildman–Crippen LogP) is 4.71. The molecule has 1 fully saturated rings. The molecule has 4 nitrogen and oxygen atoms in total. The van der Waals surface area contributed by atoms with E-state index in [1.54, 1.807) is 24.3 Å². The standard InChI is InChI=1S/C19H14ClFN2O2S2/c20-15-7-2-1-4-12(15)10-16-18(25)23(19(26)27-16)9-8-17(24)22-14-6-3-5-13(21)11-14/h1-7,10-11H,8-9H2,(H,22,24). The zero-order valence-corrected chi connectivity index (χ0v) is 16.3. The van der Waals surface area contributed by atoms with E-state index < -0.39 is 5.82 Å². The van der Waals surface area contributed by atoms with Crippen LogP contribution in [0.4, 0.5) is 10.1 Å². The van der Waals surface area contributed by atoms with E-state index in [-0.39, 0.29) is 24.8 Å². The smallest absolute Gasteiger partial charge is 0.266 e. The summed E-state index contributed by atoms with van der Waals surface area (Å²) in [6, 6.07) is 12.8. The Balaban J connectivity index is 1.62. The number of amides is 2. The van der Waals surface area contributed by atoms with Gasteiger partial charge in [0, 0.05) is 23.7 Å². The molecule has 138 valence electrons. The van der Waals surface area contributed by atoms with Gasteiger partial charge in [-0.15, -0.1) is 0 Å². The summed E-state index contributed by atoms with van der Waals surface area (Å²) in [5, 5.41) is 3.13. The van der Waals surface area contributed by atoms with Gasteiger partial charge in [-0.05, 0) is 35.9 Å². The van der Waals surface area contributed by atoms with Crippen LogP contribution in [0.5, 0.6) is 0 Å². The van der Waals surface area contributed by atoms with E-state index in [0.29, 0.717) is 19.9 Å². The molecule has 27 heavy (non-hydrogen) atoms. The summed E-state index contributed by atoms with van der Waals surface area (Å²) in [4.78, 5) is 26.5. The molecule has 1 heterocycles. The van der Waals surface area contributed by atoms with E-state index in [9.17, 15) is 14.0 Å². The fourth-order valence-corrected chi connectivity index (χ4v) is 3.92. The number of nitrogens with one attached hydrogen (secondary N) is 1. The first kappa shape index (κ1) is 19.5. The van der Waals surface area contributed by atoms with Crippen LogP contribution in [0, 0.1) is 5.82 Å². The number of rotatable bonds is 5. The molecular weight excluding hydrogens is 407 g/mol. The largest absolute Gasteiger partial charge is 0.326 e. The lowest BCUT2D eigenvalue weighted by Gasteiger charge is -2.14. The van der Waals surface area contributed by atoms with E-state index >= 15 is 0 Å². The first-order valence-electron chi connectivity index (χ1n) is 7.99. The molecule has 8 heteroatoms. The average molecular weight is 421 g/mol. The number of hydrogen-bond acceptors (Lipinski definition) is 4. The second kappa shape index (κ2) is 8.65. The number of nitrogens with zero attached hydrogens (tertiary/aromatic N) is 1. The molecule has 0 spiro atoms. The quantitative estimate of drug-likeness (QED) is 0.562. The molecule has 0 bridgehead atoms. The molecule has 2 amide bonds. The molecular formula is C19H14ClFN2O2S2. The Kier molecular flexibility index (Phi) is 6.26.